The number of hydrazine groups is 1. The van der Waals surface area contributed by atoms with Crippen molar-refractivity contribution in [3.8, 4) is 0 Å². The Morgan fingerprint density at radius 1 is 1.39 bits per heavy atom. The van der Waals surface area contributed by atoms with E-state index < -0.39 is 12.3 Å². The first-order valence-electron chi connectivity index (χ1n) is 7.15. The van der Waals surface area contributed by atoms with E-state index in [4.69, 9.17) is 10.6 Å². The average molecular weight is 320 g/mol. The van der Waals surface area contributed by atoms with Gasteiger partial charge in [0.25, 0.3) is 0 Å². The van der Waals surface area contributed by atoms with Crippen molar-refractivity contribution in [2.75, 3.05) is 6.61 Å². The van der Waals surface area contributed by atoms with E-state index >= 15 is 0 Å². The highest BCUT2D eigenvalue weighted by Crippen LogP contribution is 2.29. The molecule has 3 rings (SSSR count). The molecule has 2 aliphatic heterocycles. The second-order valence-electron chi connectivity index (χ2n) is 5.21. The molecule has 0 radical (unpaired) electrons. The second-order valence-corrected chi connectivity index (χ2v) is 5.21. The fourth-order valence-electron chi connectivity index (χ4n) is 2.68. The number of amides is 1. The maximum absolute atomic E-state index is 14.6. The third-order valence-electron chi connectivity index (χ3n) is 3.83. The van der Waals surface area contributed by atoms with Crippen LogP contribution in [0.3, 0.4) is 0 Å². The van der Waals surface area contributed by atoms with Crippen LogP contribution in [-0.2, 0) is 17.7 Å². The van der Waals surface area contributed by atoms with Crippen molar-refractivity contribution in [3.63, 3.8) is 0 Å². The van der Waals surface area contributed by atoms with Crippen molar-refractivity contribution in [1.29, 1.82) is 0 Å². The van der Waals surface area contributed by atoms with Gasteiger partial charge in [0.2, 0.25) is 0 Å². The van der Waals surface area contributed by atoms with Gasteiger partial charge < -0.3 is 9.84 Å². The van der Waals surface area contributed by atoms with Gasteiger partial charge in [0.15, 0.2) is 11.6 Å². The average Bonchev–Trinajstić information content (AvgIpc) is 2.62. The normalized spacial score (nSPS) is 20.9. The summed E-state index contributed by atoms with van der Waals surface area (Å²) in [6, 6.07) is 7.45. The second kappa shape index (κ2) is 6.27. The van der Waals surface area contributed by atoms with Gasteiger partial charge in [0, 0.05) is 6.42 Å². The van der Waals surface area contributed by atoms with Crippen molar-refractivity contribution in [3.05, 3.63) is 59.1 Å². The molecule has 1 aromatic rings. The third kappa shape index (κ3) is 2.86. The Morgan fingerprint density at radius 2 is 2.13 bits per heavy atom. The predicted octanol–water partition coefficient (Wildman–Crippen LogP) is 1.45. The lowest BCUT2D eigenvalue weighted by molar-refractivity contribution is -0.0221. The summed E-state index contributed by atoms with van der Waals surface area (Å²) in [5.41, 5.74) is 4.06. The van der Waals surface area contributed by atoms with Crippen molar-refractivity contribution in [2.45, 2.75) is 19.1 Å². The standard InChI is InChI=1S/C15H17FN4O3/c16-20-13(18-17)6-5-12-14(20)19(15(21)22)9-11-4-2-1-3-10(11)7-8-23-12/h1-6,13,18H,7-9,17H2,(H,21,22). The van der Waals surface area contributed by atoms with Crippen LogP contribution >= 0.6 is 0 Å². The molecule has 1 unspecified atom stereocenters. The van der Waals surface area contributed by atoms with Crippen LogP contribution in [0.4, 0.5) is 9.28 Å². The minimum Gasteiger partial charge on any atom is -0.489 e. The van der Waals surface area contributed by atoms with Crippen LogP contribution in [-0.4, -0.2) is 34.0 Å². The van der Waals surface area contributed by atoms with Gasteiger partial charge in [-0.05, 0) is 23.3 Å². The molecular formula is C15H17FN4O3. The van der Waals surface area contributed by atoms with Crippen LogP contribution in [0.2, 0.25) is 0 Å². The molecule has 1 amide bonds. The summed E-state index contributed by atoms with van der Waals surface area (Å²) >= 11 is 0. The number of fused-ring (bicyclic) bond motifs is 1. The highest BCUT2D eigenvalue weighted by molar-refractivity contribution is 5.68. The molecule has 23 heavy (non-hydrogen) atoms. The first kappa shape index (κ1) is 15.3. The lowest BCUT2D eigenvalue weighted by Gasteiger charge is -2.33. The Hall–Kier alpha value is -2.58. The molecule has 1 aromatic carbocycles. The number of benzene rings is 1. The number of nitrogens with zero attached hydrogens (tertiary/aromatic N) is 2. The summed E-state index contributed by atoms with van der Waals surface area (Å²) in [6.45, 7) is 0.349. The highest BCUT2D eigenvalue weighted by Gasteiger charge is 2.34. The first-order valence-corrected chi connectivity index (χ1v) is 7.15. The fraction of sp³-hybridized carbons (Fsp3) is 0.267. The summed E-state index contributed by atoms with van der Waals surface area (Å²) in [4.78, 5) is 12.6. The van der Waals surface area contributed by atoms with E-state index in [2.05, 4.69) is 5.43 Å². The molecule has 2 aliphatic rings. The van der Waals surface area contributed by atoms with E-state index in [1.165, 1.54) is 12.2 Å². The Kier molecular flexibility index (Phi) is 4.18. The van der Waals surface area contributed by atoms with Crippen LogP contribution in [0, 0.1) is 0 Å². The molecule has 0 saturated carbocycles. The zero-order valence-corrected chi connectivity index (χ0v) is 12.3. The number of carboxylic acid groups (broad SMARTS) is 1. The number of hydrogen-bond acceptors (Lipinski definition) is 5. The summed E-state index contributed by atoms with van der Waals surface area (Å²) in [5.74, 6) is 5.28. The molecule has 4 N–H and O–H groups in total. The lowest BCUT2D eigenvalue weighted by Crippen LogP contribution is -2.49. The van der Waals surface area contributed by atoms with Crippen LogP contribution < -0.4 is 11.3 Å². The molecule has 7 nitrogen and oxygen atoms in total. The van der Waals surface area contributed by atoms with E-state index in [9.17, 15) is 14.4 Å². The Labute approximate surface area is 132 Å². The van der Waals surface area contributed by atoms with Crippen molar-refractivity contribution in [1.82, 2.24) is 15.4 Å². The molecule has 1 atom stereocenters. The van der Waals surface area contributed by atoms with E-state index in [0.717, 1.165) is 16.0 Å². The first-order chi connectivity index (χ1) is 11.1. The summed E-state index contributed by atoms with van der Waals surface area (Å²) in [5, 5.41) is 9.82. The molecule has 0 fully saturated rings. The zero-order chi connectivity index (χ0) is 16.4. The SMILES string of the molecule is NNC1C=CC2=C(N(C(=O)O)Cc3ccccc3CCO2)N1F. The Bertz CT molecular complexity index is 676. The minimum absolute atomic E-state index is 0.0270. The summed E-state index contributed by atoms with van der Waals surface area (Å²) in [6.07, 6.45) is 1.37. The minimum atomic E-state index is -1.27. The lowest BCUT2D eigenvalue weighted by atomic mass is 10.0. The maximum Gasteiger partial charge on any atom is 0.413 e. The fourth-order valence-corrected chi connectivity index (χ4v) is 2.68. The maximum atomic E-state index is 14.6. The Balaban J connectivity index is 2.06. The van der Waals surface area contributed by atoms with Crippen LogP contribution in [0.5, 0.6) is 0 Å². The van der Waals surface area contributed by atoms with Gasteiger partial charge in [-0.15, -0.1) is 0 Å². The van der Waals surface area contributed by atoms with Crippen LogP contribution in [0.1, 0.15) is 11.1 Å². The molecule has 0 spiro atoms. The molecule has 0 saturated heterocycles. The largest absolute Gasteiger partial charge is 0.489 e. The van der Waals surface area contributed by atoms with Gasteiger partial charge in [0.1, 0.15) is 6.17 Å². The Morgan fingerprint density at radius 3 is 2.83 bits per heavy atom. The van der Waals surface area contributed by atoms with Crippen molar-refractivity contribution in [2.24, 2.45) is 5.84 Å². The quantitative estimate of drug-likeness (QED) is 0.412. The smallest absolute Gasteiger partial charge is 0.413 e. The van der Waals surface area contributed by atoms with Gasteiger partial charge in [-0.25, -0.2) is 10.2 Å². The molecule has 0 aliphatic carbocycles. The van der Waals surface area contributed by atoms with Gasteiger partial charge in [-0.3, -0.25) is 10.7 Å². The molecular weight excluding hydrogens is 303 g/mol. The van der Waals surface area contributed by atoms with Crippen LogP contribution in [0.15, 0.2) is 48.0 Å². The highest BCUT2D eigenvalue weighted by atomic mass is 19.2. The number of nitrogens with two attached hydrogens (primary N) is 1. The monoisotopic (exact) mass is 320 g/mol. The predicted molar refractivity (Wildman–Crippen MR) is 79.9 cm³/mol. The van der Waals surface area contributed by atoms with Gasteiger partial charge in [0.05, 0.1) is 13.2 Å². The molecule has 122 valence electrons. The number of allylic oxidation sites excluding steroid dienone is 1. The number of rotatable bonds is 1. The van der Waals surface area contributed by atoms with E-state index in [1.54, 1.807) is 0 Å². The number of ether oxygens (including phenoxy) is 1. The topological polar surface area (TPSA) is 91.1 Å². The number of halogens is 1. The third-order valence-corrected chi connectivity index (χ3v) is 3.83. The van der Waals surface area contributed by atoms with E-state index in [1.807, 2.05) is 24.3 Å². The number of nitrogens with one attached hydrogen (secondary N) is 1. The molecule has 2 heterocycles. The van der Waals surface area contributed by atoms with Gasteiger partial charge in [-0.2, -0.15) is 5.12 Å². The van der Waals surface area contributed by atoms with E-state index in [0.29, 0.717) is 13.0 Å². The van der Waals surface area contributed by atoms with Gasteiger partial charge in [-0.1, -0.05) is 28.7 Å². The molecule has 8 heteroatoms. The summed E-state index contributed by atoms with van der Waals surface area (Å²) < 4.78 is 20.2. The van der Waals surface area contributed by atoms with Crippen molar-refractivity contribution < 1.29 is 19.1 Å². The number of carbonyl (C=O) groups is 1. The molecule has 0 bridgehead atoms. The summed E-state index contributed by atoms with van der Waals surface area (Å²) in [7, 11) is 0. The van der Waals surface area contributed by atoms with E-state index in [-0.39, 0.29) is 23.2 Å². The zero-order valence-electron chi connectivity index (χ0n) is 12.3. The van der Waals surface area contributed by atoms with Crippen molar-refractivity contribution >= 4 is 6.09 Å². The van der Waals surface area contributed by atoms with Crippen LogP contribution in [0.25, 0.3) is 0 Å². The number of hydrogen-bond donors (Lipinski definition) is 3. The molecule has 0 aromatic heterocycles. The van der Waals surface area contributed by atoms with Gasteiger partial charge >= 0.3 is 6.09 Å².